The van der Waals surface area contributed by atoms with Crippen LogP contribution in [0.2, 0.25) is 0 Å². The molecule has 0 bridgehead atoms. The molecule has 10 heteroatoms. The third-order valence-electron chi connectivity index (χ3n) is 5.09. The van der Waals surface area contributed by atoms with Gasteiger partial charge in [-0.1, -0.05) is 36.4 Å². The molecule has 3 aromatic carbocycles. The van der Waals surface area contributed by atoms with Crippen LogP contribution in [0.5, 0.6) is 0 Å². The second kappa shape index (κ2) is 8.77. The van der Waals surface area contributed by atoms with Crippen LogP contribution in [0, 0.1) is 10.1 Å². The molecule has 0 saturated carbocycles. The van der Waals surface area contributed by atoms with Crippen molar-refractivity contribution in [1.82, 2.24) is 10.0 Å². The summed E-state index contributed by atoms with van der Waals surface area (Å²) in [5.41, 5.74) is 5.07. The number of carbonyl (C=O) groups excluding carboxylic acids is 1. The molecule has 0 heterocycles. The molecule has 32 heavy (non-hydrogen) atoms. The average molecular weight is 452 g/mol. The Hall–Kier alpha value is -3.76. The molecule has 0 aliphatic heterocycles. The van der Waals surface area contributed by atoms with Crippen molar-refractivity contribution in [2.24, 2.45) is 0 Å². The maximum absolute atomic E-state index is 12.3. The molecule has 9 nitrogen and oxygen atoms in total. The predicted octanol–water partition coefficient (Wildman–Crippen LogP) is 3.27. The number of benzene rings is 3. The molecule has 4 rings (SSSR count). The number of hydrogen-bond donors (Lipinski definition) is 3. The van der Waals surface area contributed by atoms with E-state index in [2.05, 4.69) is 27.5 Å². The van der Waals surface area contributed by atoms with Gasteiger partial charge in [-0.3, -0.25) is 10.1 Å². The molecular formula is C22H20N4O5S. The van der Waals surface area contributed by atoms with Gasteiger partial charge in [0.05, 0.1) is 9.82 Å². The van der Waals surface area contributed by atoms with Crippen molar-refractivity contribution in [3.05, 3.63) is 88.0 Å². The fraction of sp³-hybridized carbons (Fsp3) is 0.136. The molecule has 0 unspecified atom stereocenters. The summed E-state index contributed by atoms with van der Waals surface area (Å²) in [6.07, 6.45) is 0.808. The van der Waals surface area contributed by atoms with Crippen molar-refractivity contribution in [2.45, 2.75) is 11.3 Å². The third-order valence-corrected chi connectivity index (χ3v) is 6.55. The maximum Gasteiger partial charge on any atom is 0.319 e. The highest BCUT2D eigenvalue weighted by atomic mass is 32.2. The minimum Gasteiger partial charge on any atom is -0.337 e. The minimum absolute atomic E-state index is 0.0381. The minimum atomic E-state index is -3.93. The number of rotatable bonds is 7. The molecule has 3 N–H and O–H groups in total. The summed E-state index contributed by atoms with van der Waals surface area (Å²) in [5.74, 6) is 0. The van der Waals surface area contributed by atoms with Crippen LogP contribution in [-0.2, 0) is 16.4 Å². The van der Waals surface area contributed by atoms with E-state index < -0.39 is 21.0 Å². The molecule has 3 aromatic rings. The van der Waals surface area contributed by atoms with Crippen LogP contribution in [0.3, 0.4) is 0 Å². The standard InChI is InChI=1S/C22H20N4O5S/c27-22(23-10-11-24-32(30,31)19-6-3-5-18(14-19)26(28)29)25-17-8-9-21-16(13-17)12-15-4-1-2-7-20(15)21/h1-9,13-14,24H,10-12H2,(H2,23,25,27). The van der Waals surface area contributed by atoms with E-state index in [0.717, 1.165) is 23.6 Å². The van der Waals surface area contributed by atoms with E-state index in [-0.39, 0.29) is 23.7 Å². The molecule has 164 valence electrons. The smallest absolute Gasteiger partial charge is 0.319 e. The number of nitro groups is 1. The number of hydrogen-bond acceptors (Lipinski definition) is 5. The Morgan fingerprint density at radius 3 is 2.53 bits per heavy atom. The highest BCUT2D eigenvalue weighted by Crippen LogP contribution is 2.37. The van der Waals surface area contributed by atoms with E-state index >= 15 is 0 Å². The highest BCUT2D eigenvalue weighted by molar-refractivity contribution is 7.89. The summed E-state index contributed by atoms with van der Waals surface area (Å²) in [5, 5.41) is 16.2. The van der Waals surface area contributed by atoms with Gasteiger partial charge < -0.3 is 10.6 Å². The van der Waals surface area contributed by atoms with E-state index in [4.69, 9.17) is 0 Å². The van der Waals surface area contributed by atoms with Crippen LogP contribution < -0.4 is 15.4 Å². The number of sulfonamides is 1. The second-order valence-corrected chi connectivity index (χ2v) is 9.01. The van der Waals surface area contributed by atoms with Crippen molar-refractivity contribution >= 4 is 27.4 Å². The van der Waals surface area contributed by atoms with Crippen LogP contribution in [0.15, 0.2) is 71.6 Å². The largest absolute Gasteiger partial charge is 0.337 e. The number of nitro benzene ring substituents is 1. The molecule has 0 fully saturated rings. The van der Waals surface area contributed by atoms with Gasteiger partial charge in [0.15, 0.2) is 0 Å². The molecule has 0 saturated heterocycles. The lowest BCUT2D eigenvalue weighted by molar-refractivity contribution is -0.385. The van der Waals surface area contributed by atoms with Gasteiger partial charge in [0, 0.05) is 30.9 Å². The summed E-state index contributed by atoms with van der Waals surface area (Å²) in [6.45, 7) is -0.0334. The van der Waals surface area contributed by atoms with Crippen molar-refractivity contribution in [3.8, 4) is 11.1 Å². The number of non-ortho nitro benzene ring substituents is 1. The first kappa shape index (κ1) is 21.5. The Morgan fingerprint density at radius 2 is 1.72 bits per heavy atom. The van der Waals surface area contributed by atoms with E-state index in [0.29, 0.717) is 5.69 Å². The van der Waals surface area contributed by atoms with Crippen LogP contribution in [0.4, 0.5) is 16.2 Å². The number of carbonyl (C=O) groups is 1. The van der Waals surface area contributed by atoms with Gasteiger partial charge in [-0.2, -0.15) is 0 Å². The fourth-order valence-corrected chi connectivity index (χ4v) is 4.68. The van der Waals surface area contributed by atoms with Crippen molar-refractivity contribution in [1.29, 1.82) is 0 Å². The summed E-state index contributed by atoms with van der Waals surface area (Å²) in [4.78, 5) is 22.1. The average Bonchev–Trinajstić information content (AvgIpc) is 3.14. The zero-order valence-corrected chi connectivity index (χ0v) is 17.7. The number of nitrogens with one attached hydrogen (secondary N) is 3. The highest BCUT2D eigenvalue weighted by Gasteiger charge is 2.19. The van der Waals surface area contributed by atoms with Gasteiger partial charge in [0.2, 0.25) is 10.0 Å². The van der Waals surface area contributed by atoms with E-state index in [1.54, 1.807) is 0 Å². The number of anilines is 1. The van der Waals surface area contributed by atoms with Crippen LogP contribution in [0.1, 0.15) is 11.1 Å². The monoisotopic (exact) mass is 452 g/mol. The maximum atomic E-state index is 12.3. The topological polar surface area (TPSA) is 130 Å². The van der Waals surface area contributed by atoms with Gasteiger partial charge in [-0.25, -0.2) is 17.9 Å². The quantitative estimate of drug-likeness (QED) is 0.225. The lowest BCUT2D eigenvalue weighted by Crippen LogP contribution is -2.36. The Morgan fingerprint density at radius 1 is 0.938 bits per heavy atom. The van der Waals surface area contributed by atoms with Gasteiger partial charge >= 0.3 is 6.03 Å². The summed E-state index contributed by atoms with van der Waals surface area (Å²) in [6, 6.07) is 18.2. The Balaban J connectivity index is 1.28. The summed E-state index contributed by atoms with van der Waals surface area (Å²) < 4.78 is 26.9. The second-order valence-electron chi connectivity index (χ2n) is 7.24. The zero-order valence-electron chi connectivity index (χ0n) is 16.9. The Labute approximate surface area is 184 Å². The van der Waals surface area contributed by atoms with Crippen molar-refractivity contribution < 1.29 is 18.1 Å². The number of amides is 2. The normalized spacial score (nSPS) is 12.0. The predicted molar refractivity (Wildman–Crippen MR) is 120 cm³/mol. The number of urea groups is 1. The fourth-order valence-electron chi connectivity index (χ4n) is 3.61. The van der Waals surface area contributed by atoms with Crippen LogP contribution in [-0.4, -0.2) is 32.5 Å². The molecule has 2 amide bonds. The first-order chi connectivity index (χ1) is 15.3. The first-order valence-electron chi connectivity index (χ1n) is 9.84. The van der Waals surface area contributed by atoms with Crippen LogP contribution >= 0.6 is 0 Å². The molecule has 0 atom stereocenters. The lowest BCUT2D eigenvalue weighted by atomic mass is 10.1. The number of nitrogens with zero attached hydrogens (tertiary/aromatic N) is 1. The van der Waals surface area contributed by atoms with Crippen molar-refractivity contribution in [2.75, 3.05) is 18.4 Å². The molecule has 1 aliphatic carbocycles. The molecule has 1 aliphatic rings. The van der Waals surface area contributed by atoms with E-state index in [1.165, 1.54) is 29.3 Å². The lowest BCUT2D eigenvalue weighted by Gasteiger charge is -2.10. The number of fused-ring (bicyclic) bond motifs is 3. The Kier molecular flexibility index (Phi) is 5.89. The Bertz CT molecular complexity index is 1310. The van der Waals surface area contributed by atoms with E-state index in [9.17, 15) is 23.3 Å². The van der Waals surface area contributed by atoms with Gasteiger partial charge in [0.1, 0.15) is 0 Å². The molecule has 0 aromatic heterocycles. The summed E-state index contributed by atoms with van der Waals surface area (Å²) >= 11 is 0. The molecule has 0 spiro atoms. The summed E-state index contributed by atoms with van der Waals surface area (Å²) in [7, 11) is -3.93. The third kappa shape index (κ3) is 4.61. The van der Waals surface area contributed by atoms with Gasteiger partial charge in [-0.05, 0) is 46.9 Å². The molecule has 0 radical (unpaired) electrons. The molecular weight excluding hydrogens is 432 g/mol. The van der Waals surface area contributed by atoms with E-state index in [1.807, 2.05) is 30.3 Å². The zero-order chi connectivity index (χ0) is 22.7. The van der Waals surface area contributed by atoms with Crippen molar-refractivity contribution in [3.63, 3.8) is 0 Å². The van der Waals surface area contributed by atoms with Crippen LogP contribution in [0.25, 0.3) is 11.1 Å². The van der Waals surface area contributed by atoms with Gasteiger partial charge in [-0.15, -0.1) is 0 Å². The first-order valence-corrected chi connectivity index (χ1v) is 11.3. The van der Waals surface area contributed by atoms with Gasteiger partial charge in [0.25, 0.3) is 5.69 Å². The SMILES string of the molecule is O=C(NCCNS(=O)(=O)c1cccc([N+](=O)[O-])c1)Nc1ccc2c(c1)Cc1ccccc1-2.